The van der Waals surface area contributed by atoms with Crippen molar-refractivity contribution in [2.24, 2.45) is 0 Å². The van der Waals surface area contributed by atoms with E-state index in [2.05, 4.69) is 15.9 Å². The summed E-state index contributed by atoms with van der Waals surface area (Å²) in [6, 6.07) is 4.86. The van der Waals surface area contributed by atoms with Crippen molar-refractivity contribution in [3.63, 3.8) is 0 Å². The molecule has 2 rings (SSSR count). The summed E-state index contributed by atoms with van der Waals surface area (Å²) < 4.78 is 6.45. The minimum atomic E-state index is -0.954. The van der Waals surface area contributed by atoms with Crippen LogP contribution >= 0.6 is 15.9 Å². The van der Waals surface area contributed by atoms with Gasteiger partial charge in [-0.2, -0.15) is 0 Å². The fraction of sp³-hybridized carbons (Fsp3) is 0.467. The van der Waals surface area contributed by atoms with Crippen LogP contribution in [0.2, 0.25) is 0 Å². The van der Waals surface area contributed by atoms with E-state index in [0.717, 1.165) is 10.0 Å². The van der Waals surface area contributed by atoms with Gasteiger partial charge < -0.3 is 14.7 Å². The zero-order valence-electron chi connectivity index (χ0n) is 12.0. The van der Waals surface area contributed by atoms with E-state index in [1.165, 1.54) is 4.90 Å². The summed E-state index contributed by atoms with van der Waals surface area (Å²) in [5.41, 5.74) is 1.08. The number of carbonyl (C=O) groups excluding carboxylic acids is 1. The molecule has 1 saturated heterocycles. The molecule has 1 heterocycles. The summed E-state index contributed by atoms with van der Waals surface area (Å²) in [5.74, 6) is -0.663. The molecular weight excluding hydrogens is 338 g/mol. The zero-order chi connectivity index (χ0) is 15.6. The van der Waals surface area contributed by atoms with Crippen molar-refractivity contribution < 1.29 is 19.4 Å². The summed E-state index contributed by atoms with van der Waals surface area (Å²) in [7, 11) is 0. The average Bonchev–Trinajstić information content (AvgIpc) is 2.90. The maximum Gasteiger partial charge on any atom is 0.326 e. The molecule has 1 aliphatic heterocycles. The Bertz CT molecular complexity index is 561. The monoisotopic (exact) mass is 355 g/mol. The number of aliphatic carboxylic acids is 1. The number of amides is 1. The van der Waals surface area contributed by atoms with Crippen LogP contribution < -0.4 is 4.74 Å². The summed E-state index contributed by atoms with van der Waals surface area (Å²) >= 11 is 3.40. The minimum Gasteiger partial charge on any atom is -0.480 e. The second-order valence-electron chi connectivity index (χ2n) is 5.22. The van der Waals surface area contributed by atoms with Crippen molar-refractivity contribution in [3.8, 4) is 5.75 Å². The lowest BCUT2D eigenvalue weighted by Gasteiger charge is -2.25. The van der Waals surface area contributed by atoms with Gasteiger partial charge >= 0.3 is 5.97 Å². The second kappa shape index (κ2) is 6.47. The van der Waals surface area contributed by atoms with Crippen LogP contribution in [-0.2, 0) is 9.59 Å². The number of carbonyl (C=O) groups is 2. The Morgan fingerprint density at radius 2 is 2.19 bits per heavy atom. The fourth-order valence-electron chi connectivity index (χ4n) is 2.46. The van der Waals surface area contributed by atoms with Gasteiger partial charge in [-0.25, -0.2) is 4.79 Å². The van der Waals surface area contributed by atoms with Crippen LogP contribution in [0, 0.1) is 6.92 Å². The Morgan fingerprint density at radius 3 is 2.81 bits per heavy atom. The molecule has 5 nitrogen and oxygen atoms in total. The van der Waals surface area contributed by atoms with E-state index in [0.29, 0.717) is 25.1 Å². The molecule has 1 fully saturated rings. The third-order valence-corrected chi connectivity index (χ3v) is 4.18. The molecule has 21 heavy (non-hydrogen) atoms. The molecule has 0 saturated carbocycles. The van der Waals surface area contributed by atoms with Crippen LogP contribution in [0.4, 0.5) is 0 Å². The highest BCUT2D eigenvalue weighted by Gasteiger charge is 2.36. The Hall–Kier alpha value is -1.56. The highest BCUT2D eigenvalue weighted by molar-refractivity contribution is 9.10. The third kappa shape index (κ3) is 3.56. The quantitative estimate of drug-likeness (QED) is 0.901. The number of ether oxygens (including phenoxy) is 1. The number of hydrogen-bond acceptors (Lipinski definition) is 3. The Labute approximate surface area is 132 Å². The van der Waals surface area contributed by atoms with E-state index in [-0.39, 0.29) is 5.91 Å². The number of carboxylic acid groups (broad SMARTS) is 1. The molecule has 1 amide bonds. The number of likely N-dealkylation sites (tertiary alicyclic amines) is 1. The lowest BCUT2D eigenvalue weighted by Crippen LogP contribution is -2.46. The maximum absolute atomic E-state index is 12.4. The topological polar surface area (TPSA) is 66.8 Å². The van der Waals surface area contributed by atoms with Gasteiger partial charge in [0.1, 0.15) is 11.8 Å². The highest BCUT2D eigenvalue weighted by atomic mass is 79.9. The summed E-state index contributed by atoms with van der Waals surface area (Å²) in [5, 5.41) is 9.14. The van der Waals surface area contributed by atoms with Gasteiger partial charge in [0.25, 0.3) is 5.91 Å². The van der Waals surface area contributed by atoms with Crippen molar-refractivity contribution in [2.45, 2.75) is 38.8 Å². The van der Waals surface area contributed by atoms with Gasteiger partial charge in [0, 0.05) is 6.54 Å². The van der Waals surface area contributed by atoms with E-state index in [1.54, 1.807) is 13.0 Å². The van der Waals surface area contributed by atoms with Crippen LogP contribution in [0.3, 0.4) is 0 Å². The second-order valence-corrected chi connectivity index (χ2v) is 6.08. The zero-order valence-corrected chi connectivity index (χ0v) is 13.6. The number of hydrogen-bond donors (Lipinski definition) is 1. The first-order valence-corrected chi connectivity index (χ1v) is 7.65. The van der Waals surface area contributed by atoms with Crippen LogP contribution in [0.1, 0.15) is 25.3 Å². The van der Waals surface area contributed by atoms with E-state index in [9.17, 15) is 9.59 Å². The lowest BCUT2D eigenvalue weighted by molar-refractivity contribution is -0.150. The number of nitrogens with zero attached hydrogens (tertiary/aromatic N) is 1. The molecule has 2 unspecified atom stereocenters. The van der Waals surface area contributed by atoms with E-state index in [1.807, 2.05) is 19.1 Å². The number of benzene rings is 1. The lowest BCUT2D eigenvalue weighted by atomic mass is 10.2. The Balaban J connectivity index is 2.07. The van der Waals surface area contributed by atoms with Gasteiger partial charge in [-0.1, -0.05) is 6.07 Å². The molecule has 1 N–H and O–H groups in total. The SMILES string of the molecule is Cc1ccc(OC(C)C(=O)N2CCCC2C(=O)O)c(Br)c1. The summed E-state index contributed by atoms with van der Waals surface area (Å²) in [4.78, 5) is 24.9. The number of carboxylic acids is 1. The number of halogens is 1. The molecule has 114 valence electrons. The third-order valence-electron chi connectivity index (χ3n) is 3.56. The van der Waals surface area contributed by atoms with Crippen LogP contribution in [0.15, 0.2) is 22.7 Å². The van der Waals surface area contributed by atoms with Crippen molar-refractivity contribution in [2.75, 3.05) is 6.54 Å². The minimum absolute atomic E-state index is 0.285. The first-order valence-electron chi connectivity index (χ1n) is 6.86. The van der Waals surface area contributed by atoms with Gasteiger partial charge in [-0.15, -0.1) is 0 Å². The maximum atomic E-state index is 12.4. The predicted molar refractivity (Wildman–Crippen MR) is 81.3 cm³/mol. The standard InChI is InChI=1S/C15H18BrNO4/c1-9-5-6-13(11(16)8-9)21-10(2)14(18)17-7-3-4-12(17)15(19)20/h5-6,8,10,12H,3-4,7H2,1-2H3,(H,19,20). The molecule has 2 atom stereocenters. The van der Waals surface area contributed by atoms with Crippen molar-refractivity contribution in [3.05, 3.63) is 28.2 Å². The molecule has 0 aromatic heterocycles. The van der Waals surface area contributed by atoms with E-state index >= 15 is 0 Å². The first-order chi connectivity index (χ1) is 9.90. The molecule has 6 heteroatoms. The van der Waals surface area contributed by atoms with Crippen molar-refractivity contribution in [1.82, 2.24) is 4.90 Å². The van der Waals surface area contributed by atoms with Gasteiger partial charge in [0.2, 0.25) is 0 Å². The van der Waals surface area contributed by atoms with Gasteiger partial charge in [0.05, 0.1) is 4.47 Å². The normalized spacial score (nSPS) is 19.4. The van der Waals surface area contributed by atoms with E-state index in [4.69, 9.17) is 9.84 Å². The number of aryl methyl sites for hydroxylation is 1. The molecule has 1 aliphatic rings. The van der Waals surface area contributed by atoms with Crippen LogP contribution in [0.25, 0.3) is 0 Å². The largest absolute Gasteiger partial charge is 0.480 e. The molecule has 0 bridgehead atoms. The van der Waals surface area contributed by atoms with Crippen LogP contribution in [-0.4, -0.2) is 40.6 Å². The fourth-order valence-corrected chi connectivity index (χ4v) is 3.05. The highest BCUT2D eigenvalue weighted by Crippen LogP contribution is 2.27. The summed E-state index contributed by atoms with van der Waals surface area (Å²) in [6.45, 7) is 4.08. The molecule has 1 aromatic carbocycles. The first kappa shape index (κ1) is 15.8. The van der Waals surface area contributed by atoms with Gasteiger partial charge in [-0.3, -0.25) is 4.79 Å². The smallest absolute Gasteiger partial charge is 0.326 e. The van der Waals surface area contributed by atoms with Gasteiger partial charge in [-0.05, 0) is 60.3 Å². The molecular formula is C15H18BrNO4. The molecule has 0 radical (unpaired) electrons. The predicted octanol–water partition coefficient (Wildman–Crippen LogP) is 2.60. The van der Waals surface area contributed by atoms with Gasteiger partial charge in [0.15, 0.2) is 6.10 Å². The summed E-state index contributed by atoms with van der Waals surface area (Å²) in [6.07, 6.45) is 0.495. The average molecular weight is 356 g/mol. The van der Waals surface area contributed by atoms with Crippen molar-refractivity contribution >= 4 is 27.8 Å². The van der Waals surface area contributed by atoms with Crippen LogP contribution in [0.5, 0.6) is 5.75 Å². The molecule has 0 aliphatic carbocycles. The Morgan fingerprint density at radius 1 is 1.48 bits per heavy atom. The van der Waals surface area contributed by atoms with E-state index < -0.39 is 18.1 Å². The van der Waals surface area contributed by atoms with Crippen molar-refractivity contribution in [1.29, 1.82) is 0 Å². The Kier molecular flexibility index (Phi) is 4.88. The number of rotatable bonds is 4. The molecule has 0 spiro atoms. The molecule has 1 aromatic rings.